The van der Waals surface area contributed by atoms with E-state index in [0.29, 0.717) is 6.54 Å². The van der Waals surface area contributed by atoms with Gasteiger partial charge < -0.3 is 16.0 Å². The summed E-state index contributed by atoms with van der Waals surface area (Å²) in [4.78, 5) is 22.2. The van der Waals surface area contributed by atoms with Crippen molar-refractivity contribution < 1.29 is 4.79 Å². The molecule has 158 valence electrons. The molecule has 1 heterocycles. The monoisotopic (exact) mass is 527 g/mol. The van der Waals surface area contributed by atoms with Crippen molar-refractivity contribution >= 4 is 52.9 Å². The average molecular weight is 527 g/mol. The standard InChI is InChI=1S/C21H29N5OS.HI/c1-3-18-14-24-19(28-18)10-11-23-21(22-2)25-13-15-6-4-9-17(12-15)26-20(27)16-7-5-8-16;/h4,6,9,12,14,16H,3,5,7-8,10-11,13H2,1-2H3,(H,26,27)(H2,22,23,25);1H. The van der Waals surface area contributed by atoms with Gasteiger partial charge in [0.25, 0.3) is 0 Å². The van der Waals surface area contributed by atoms with Crippen molar-refractivity contribution in [2.45, 2.75) is 45.6 Å². The van der Waals surface area contributed by atoms with Gasteiger partial charge in [0, 0.05) is 49.2 Å². The highest BCUT2D eigenvalue weighted by atomic mass is 127. The first kappa shape index (κ1) is 23.6. The lowest BCUT2D eigenvalue weighted by molar-refractivity contribution is -0.122. The number of nitrogens with one attached hydrogen (secondary N) is 3. The Bertz CT molecular complexity index is 819. The minimum absolute atomic E-state index is 0. The molecule has 8 heteroatoms. The van der Waals surface area contributed by atoms with Crippen LogP contribution in [-0.2, 0) is 24.2 Å². The predicted octanol–water partition coefficient (Wildman–Crippen LogP) is 3.97. The lowest BCUT2D eigenvalue weighted by Crippen LogP contribution is -2.37. The number of aliphatic imine (C=N–C) groups is 1. The van der Waals surface area contributed by atoms with Gasteiger partial charge in [0.1, 0.15) is 0 Å². The Hall–Kier alpha value is -1.68. The Morgan fingerprint density at radius 3 is 2.79 bits per heavy atom. The Balaban J connectivity index is 0.00000300. The van der Waals surface area contributed by atoms with Crippen LogP contribution in [0.3, 0.4) is 0 Å². The fraction of sp³-hybridized carbons (Fsp3) is 0.476. The van der Waals surface area contributed by atoms with Gasteiger partial charge in [0.2, 0.25) is 5.91 Å². The highest BCUT2D eigenvalue weighted by Crippen LogP contribution is 2.27. The number of guanidine groups is 1. The number of halogens is 1. The minimum atomic E-state index is 0. The highest BCUT2D eigenvalue weighted by molar-refractivity contribution is 14.0. The van der Waals surface area contributed by atoms with Gasteiger partial charge >= 0.3 is 0 Å². The fourth-order valence-corrected chi connectivity index (χ4v) is 3.86. The van der Waals surface area contributed by atoms with Crippen molar-refractivity contribution in [3.63, 3.8) is 0 Å². The lowest BCUT2D eigenvalue weighted by atomic mass is 9.85. The number of hydrogen-bond acceptors (Lipinski definition) is 4. The molecule has 1 aromatic carbocycles. The predicted molar refractivity (Wildman–Crippen MR) is 131 cm³/mol. The quantitative estimate of drug-likeness (QED) is 0.276. The van der Waals surface area contributed by atoms with Gasteiger partial charge in [-0.1, -0.05) is 25.5 Å². The number of anilines is 1. The van der Waals surface area contributed by atoms with Crippen LogP contribution < -0.4 is 16.0 Å². The van der Waals surface area contributed by atoms with Gasteiger partial charge in [0.05, 0.1) is 5.01 Å². The molecule has 1 aliphatic carbocycles. The van der Waals surface area contributed by atoms with Crippen LogP contribution in [0.2, 0.25) is 0 Å². The van der Waals surface area contributed by atoms with Crippen LogP contribution in [0.15, 0.2) is 35.5 Å². The molecule has 0 atom stereocenters. The number of carbonyl (C=O) groups excluding carboxylic acids is 1. The molecule has 1 aliphatic rings. The van der Waals surface area contributed by atoms with Gasteiger partial charge in [-0.15, -0.1) is 35.3 Å². The summed E-state index contributed by atoms with van der Waals surface area (Å²) >= 11 is 1.77. The van der Waals surface area contributed by atoms with E-state index in [9.17, 15) is 4.79 Å². The summed E-state index contributed by atoms with van der Waals surface area (Å²) in [7, 11) is 1.77. The number of aryl methyl sites for hydroxylation is 1. The summed E-state index contributed by atoms with van der Waals surface area (Å²) in [6, 6.07) is 7.96. The van der Waals surface area contributed by atoms with Crippen LogP contribution in [0, 0.1) is 5.92 Å². The molecule has 0 radical (unpaired) electrons. The number of rotatable bonds is 8. The topological polar surface area (TPSA) is 78.4 Å². The molecule has 0 bridgehead atoms. The second kappa shape index (κ2) is 12.1. The van der Waals surface area contributed by atoms with Crippen molar-refractivity contribution in [2.75, 3.05) is 18.9 Å². The van der Waals surface area contributed by atoms with Gasteiger partial charge in [-0.3, -0.25) is 9.79 Å². The average Bonchev–Trinajstić information content (AvgIpc) is 3.11. The van der Waals surface area contributed by atoms with E-state index in [1.54, 1.807) is 18.4 Å². The molecule has 1 fully saturated rings. The van der Waals surface area contributed by atoms with Crippen LogP contribution in [0.1, 0.15) is 41.6 Å². The van der Waals surface area contributed by atoms with E-state index in [2.05, 4.69) is 32.9 Å². The third kappa shape index (κ3) is 7.26. The summed E-state index contributed by atoms with van der Waals surface area (Å²) < 4.78 is 0. The Labute approximate surface area is 194 Å². The van der Waals surface area contributed by atoms with E-state index in [0.717, 1.165) is 60.9 Å². The molecule has 6 nitrogen and oxygen atoms in total. The number of benzene rings is 1. The summed E-state index contributed by atoms with van der Waals surface area (Å²) in [5.74, 6) is 1.09. The minimum Gasteiger partial charge on any atom is -0.356 e. The normalized spacial score (nSPS) is 13.9. The summed E-state index contributed by atoms with van der Waals surface area (Å²) in [5.41, 5.74) is 1.96. The highest BCUT2D eigenvalue weighted by Gasteiger charge is 2.25. The van der Waals surface area contributed by atoms with E-state index >= 15 is 0 Å². The Morgan fingerprint density at radius 2 is 2.14 bits per heavy atom. The molecule has 2 aromatic rings. The van der Waals surface area contributed by atoms with Crippen LogP contribution in [0.4, 0.5) is 5.69 Å². The number of carbonyl (C=O) groups is 1. The zero-order chi connectivity index (χ0) is 19.8. The van der Waals surface area contributed by atoms with Crippen molar-refractivity contribution in [3.05, 3.63) is 45.9 Å². The van der Waals surface area contributed by atoms with E-state index in [1.165, 1.54) is 4.88 Å². The first-order chi connectivity index (χ1) is 13.7. The first-order valence-corrected chi connectivity index (χ1v) is 10.8. The Kier molecular flexibility index (Phi) is 9.86. The molecule has 1 amide bonds. The second-order valence-electron chi connectivity index (χ2n) is 6.99. The third-order valence-electron chi connectivity index (χ3n) is 4.94. The second-order valence-corrected chi connectivity index (χ2v) is 8.19. The molecule has 1 aromatic heterocycles. The summed E-state index contributed by atoms with van der Waals surface area (Å²) in [6.45, 7) is 3.58. The molecule has 0 spiro atoms. The summed E-state index contributed by atoms with van der Waals surface area (Å²) in [6.07, 6.45) is 7.06. The van der Waals surface area contributed by atoms with Crippen LogP contribution in [0.5, 0.6) is 0 Å². The largest absolute Gasteiger partial charge is 0.356 e. The van der Waals surface area contributed by atoms with Crippen LogP contribution in [-0.4, -0.2) is 30.4 Å². The maximum Gasteiger partial charge on any atom is 0.227 e. The zero-order valence-electron chi connectivity index (χ0n) is 17.0. The van der Waals surface area contributed by atoms with Crippen LogP contribution >= 0.6 is 35.3 Å². The third-order valence-corrected chi connectivity index (χ3v) is 6.14. The Morgan fingerprint density at radius 1 is 1.31 bits per heavy atom. The molecule has 3 N–H and O–H groups in total. The van der Waals surface area contributed by atoms with Crippen molar-refractivity contribution in [1.29, 1.82) is 0 Å². The lowest BCUT2D eigenvalue weighted by Gasteiger charge is -2.24. The fourth-order valence-electron chi connectivity index (χ4n) is 3.00. The first-order valence-electron chi connectivity index (χ1n) is 9.96. The van der Waals surface area contributed by atoms with Crippen LogP contribution in [0.25, 0.3) is 0 Å². The molecular weight excluding hydrogens is 497 g/mol. The maximum atomic E-state index is 12.1. The number of aromatic nitrogens is 1. The molecule has 1 saturated carbocycles. The van der Waals surface area contributed by atoms with Crippen molar-refractivity contribution in [1.82, 2.24) is 15.6 Å². The van der Waals surface area contributed by atoms with Gasteiger partial charge in [-0.2, -0.15) is 0 Å². The molecular formula is C21H30IN5OS. The van der Waals surface area contributed by atoms with Crippen molar-refractivity contribution in [3.8, 4) is 0 Å². The van der Waals surface area contributed by atoms with Gasteiger partial charge in [-0.05, 0) is 37.0 Å². The summed E-state index contributed by atoms with van der Waals surface area (Å²) in [5, 5.41) is 10.8. The smallest absolute Gasteiger partial charge is 0.227 e. The maximum absolute atomic E-state index is 12.1. The van der Waals surface area contributed by atoms with Gasteiger partial charge in [0.15, 0.2) is 5.96 Å². The molecule has 0 unspecified atom stereocenters. The molecule has 29 heavy (non-hydrogen) atoms. The number of hydrogen-bond donors (Lipinski definition) is 3. The van der Waals surface area contributed by atoms with E-state index < -0.39 is 0 Å². The zero-order valence-corrected chi connectivity index (χ0v) is 20.2. The van der Waals surface area contributed by atoms with E-state index in [-0.39, 0.29) is 35.8 Å². The van der Waals surface area contributed by atoms with E-state index in [4.69, 9.17) is 0 Å². The number of thiazole rings is 1. The SMILES string of the molecule is CCc1cnc(CCNC(=NC)NCc2cccc(NC(=O)C3CCC3)c2)s1.I. The molecule has 3 rings (SSSR count). The number of amides is 1. The number of nitrogens with zero attached hydrogens (tertiary/aromatic N) is 2. The molecule has 0 aliphatic heterocycles. The van der Waals surface area contributed by atoms with E-state index in [1.807, 2.05) is 30.5 Å². The molecule has 0 saturated heterocycles. The van der Waals surface area contributed by atoms with Crippen molar-refractivity contribution in [2.24, 2.45) is 10.9 Å². The van der Waals surface area contributed by atoms with Gasteiger partial charge in [-0.25, -0.2) is 4.98 Å².